The van der Waals surface area contributed by atoms with Gasteiger partial charge in [-0.25, -0.2) is 4.98 Å². The Kier molecular flexibility index (Phi) is 4.61. The number of hydrogen-bond donors (Lipinski definition) is 1. The molecular weight excluding hydrogens is 344 g/mol. The molecule has 5 nitrogen and oxygen atoms in total. The molecule has 0 saturated carbocycles. The Balaban J connectivity index is 2.35. The average Bonchev–Trinajstić information content (AvgIpc) is 2.83. The second kappa shape index (κ2) is 6.23. The van der Waals surface area contributed by atoms with Crippen molar-refractivity contribution in [2.75, 3.05) is 19.5 Å². The molecular formula is C13H13BrN2O3S. The van der Waals surface area contributed by atoms with Crippen LogP contribution < -0.4 is 14.8 Å². The van der Waals surface area contributed by atoms with Crippen molar-refractivity contribution < 1.29 is 14.3 Å². The van der Waals surface area contributed by atoms with Gasteiger partial charge < -0.3 is 9.47 Å². The highest BCUT2D eigenvalue weighted by Crippen LogP contribution is 2.34. The summed E-state index contributed by atoms with van der Waals surface area (Å²) in [4.78, 5) is 17.5. The fraction of sp³-hybridized carbons (Fsp3) is 0.231. The van der Waals surface area contributed by atoms with E-state index in [-0.39, 0.29) is 5.91 Å². The number of rotatable bonds is 4. The number of hydrogen-bond acceptors (Lipinski definition) is 5. The molecule has 1 heterocycles. The summed E-state index contributed by atoms with van der Waals surface area (Å²) in [5.41, 5.74) is 0.381. The maximum atomic E-state index is 12.3. The second-order valence-corrected chi connectivity index (χ2v) is 6.01. The molecule has 0 aliphatic rings. The van der Waals surface area contributed by atoms with E-state index in [1.165, 1.54) is 18.4 Å². The summed E-state index contributed by atoms with van der Waals surface area (Å²) in [7, 11) is 3.05. The lowest BCUT2D eigenvalue weighted by Gasteiger charge is -2.12. The summed E-state index contributed by atoms with van der Waals surface area (Å²) in [6.07, 6.45) is 1.71. The maximum Gasteiger partial charge on any atom is 0.261 e. The third kappa shape index (κ3) is 3.10. The minimum absolute atomic E-state index is 0.296. The summed E-state index contributed by atoms with van der Waals surface area (Å²) in [6.45, 7) is 1.93. The van der Waals surface area contributed by atoms with Crippen molar-refractivity contribution in [2.24, 2.45) is 0 Å². The number of ether oxygens (including phenoxy) is 2. The van der Waals surface area contributed by atoms with Gasteiger partial charge >= 0.3 is 0 Å². The summed E-state index contributed by atoms with van der Waals surface area (Å²) in [5.74, 6) is 0.727. The number of methoxy groups -OCH3 is 2. The third-order valence-electron chi connectivity index (χ3n) is 2.54. The van der Waals surface area contributed by atoms with E-state index in [2.05, 4.69) is 26.2 Å². The molecule has 0 saturated heterocycles. The first-order valence-electron chi connectivity index (χ1n) is 5.70. The highest BCUT2D eigenvalue weighted by atomic mass is 79.9. The zero-order valence-corrected chi connectivity index (χ0v) is 13.6. The van der Waals surface area contributed by atoms with Crippen LogP contribution in [0.25, 0.3) is 0 Å². The van der Waals surface area contributed by atoms with Gasteiger partial charge in [-0.3, -0.25) is 10.1 Å². The van der Waals surface area contributed by atoms with E-state index in [9.17, 15) is 4.79 Å². The Morgan fingerprint density at radius 3 is 2.65 bits per heavy atom. The lowest BCUT2D eigenvalue weighted by Crippen LogP contribution is -2.13. The van der Waals surface area contributed by atoms with Gasteiger partial charge in [0, 0.05) is 11.1 Å². The number of carbonyl (C=O) groups excluding carboxylic acids is 1. The van der Waals surface area contributed by atoms with E-state index in [4.69, 9.17) is 9.47 Å². The van der Waals surface area contributed by atoms with E-state index in [1.807, 2.05) is 6.92 Å². The van der Waals surface area contributed by atoms with Crippen LogP contribution in [0.15, 0.2) is 22.8 Å². The topological polar surface area (TPSA) is 60.5 Å². The average molecular weight is 357 g/mol. The summed E-state index contributed by atoms with van der Waals surface area (Å²) >= 11 is 4.77. The molecule has 1 N–H and O–H groups in total. The normalized spacial score (nSPS) is 10.2. The van der Waals surface area contributed by atoms with Crippen molar-refractivity contribution in [2.45, 2.75) is 6.92 Å². The van der Waals surface area contributed by atoms with Gasteiger partial charge in [-0.1, -0.05) is 0 Å². The predicted octanol–water partition coefficient (Wildman–Crippen LogP) is 3.48. The summed E-state index contributed by atoms with van der Waals surface area (Å²) < 4.78 is 11.1. The van der Waals surface area contributed by atoms with Crippen molar-refractivity contribution in [3.63, 3.8) is 0 Å². The molecule has 20 heavy (non-hydrogen) atoms. The monoisotopic (exact) mass is 356 g/mol. The molecule has 0 radical (unpaired) electrons. The lowest BCUT2D eigenvalue weighted by molar-refractivity contribution is 0.102. The standard InChI is InChI=1S/C13H13BrN2O3S/c1-7-6-15-13(20-7)16-12(17)9-4-8(18-2)5-10(14)11(9)19-3/h4-6H,1-3H3,(H,15,16,17). The van der Waals surface area contributed by atoms with Crippen LogP contribution >= 0.6 is 27.3 Å². The van der Waals surface area contributed by atoms with Gasteiger partial charge in [0.2, 0.25) is 0 Å². The number of benzene rings is 1. The molecule has 106 valence electrons. The Labute approximate surface area is 129 Å². The molecule has 0 atom stereocenters. The highest BCUT2D eigenvalue weighted by molar-refractivity contribution is 9.10. The minimum atomic E-state index is -0.296. The lowest BCUT2D eigenvalue weighted by atomic mass is 10.1. The van der Waals surface area contributed by atoms with E-state index >= 15 is 0 Å². The van der Waals surface area contributed by atoms with Gasteiger partial charge in [-0.05, 0) is 35.0 Å². The van der Waals surface area contributed by atoms with E-state index in [0.717, 1.165) is 4.88 Å². The number of nitrogens with zero attached hydrogens (tertiary/aromatic N) is 1. The van der Waals surface area contributed by atoms with Crippen molar-refractivity contribution in [1.82, 2.24) is 4.98 Å². The molecule has 0 bridgehead atoms. The molecule has 7 heteroatoms. The molecule has 0 aliphatic carbocycles. The molecule has 2 rings (SSSR count). The molecule has 1 aromatic heterocycles. The van der Waals surface area contributed by atoms with Crippen LogP contribution in [0.5, 0.6) is 11.5 Å². The molecule has 0 fully saturated rings. The molecule has 0 unspecified atom stereocenters. The maximum absolute atomic E-state index is 12.3. The summed E-state index contributed by atoms with van der Waals surface area (Å²) in [5, 5.41) is 3.29. The van der Waals surface area contributed by atoms with Crippen LogP contribution in [0.2, 0.25) is 0 Å². The number of aromatic nitrogens is 1. The van der Waals surface area contributed by atoms with Gasteiger partial charge in [0.05, 0.1) is 24.3 Å². The zero-order valence-electron chi connectivity index (χ0n) is 11.2. The number of nitrogens with one attached hydrogen (secondary N) is 1. The first-order chi connectivity index (χ1) is 9.55. The van der Waals surface area contributed by atoms with Gasteiger partial charge in [0.15, 0.2) is 5.13 Å². The van der Waals surface area contributed by atoms with E-state index in [1.54, 1.807) is 25.4 Å². The van der Waals surface area contributed by atoms with Gasteiger partial charge in [-0.15, -0.1) is 11.3 Å². The SMILES string of the molecule is COc1cc(Br)c(OC)c(C(=O)Nc2ncc(C)s2)c1. The molecule has 1 amide bonds. The number of halogens is 1. The third-order valence-corrected chi connectivity index (χ3v) is 3.96. The second-order valence-electron chi connectivity index (χ2n) is 3.92. The first kappa shape index (κ1) is 14.8. The Hall–Kier alpha value is -1.60. The number of aryl methyl sites for hydroxylation is 1. The predicted molar refractivity (Wildman–Crippen MR) is 82.1 cm³/mol. The molecule has 2 aromatic rings. The fourth-order valence-electron chi connectivity index (χ4n) is 1.64. The van der Waals surface area contributed by atoms with Crippen LogP contribution in [0.3, 0.4) is 0 Å². The highest BCUT2D eigenvalue weighted by Gasteiger charge is 2.18. The smallest absolute Gasteiger partial charge is 0.261 e. The van der Waals surface area contributed by atoms with Crippen molar-refractivity contribution in [3.05, 3.63) is 33.2 Å². The van der Waals surface area contributed by atoms with Crippen molar-refractivity contribution in [3.8, 4) is 11.5 Å². The Morgan fingerprint density at radius 2 is 2.10 bits per heavy atom. The van der Waals surface area contributed by atoms with Crippen LogP contribution in [0.4, 0.5) is 5.13 Å². The van der Waals surface area contributed by atoms with Crippen molar-refractivity contribution in [1.29, 1.82) is 0 Å². The number of thiazole rings is 1. The first-order valence-corrected chi connectivity index (χ1v) is 7.31. The minimum Gasteiger partial charge on any atom is -0.497 e. The summed E-state index contributed by atoms with van der Waals surface area (Å²) in [6, 6.07) is 3.36. The largest absolute Gasteiger partial charge is 0.497 e. The quantitative estimate of drug-likeness (QED) is 0.910. The van der Waals surface area contributed by atoms with Gasteiger partial charge in [0.25, 0.3) is 5.91 Å². The van der Waals surface area contributed by atoms with E-state index in [0.29, 0.717) is 26.7 Å². The number of anilines is 1. The Bertz CT molecular complexity index is 643. The fourth-order valence-corrected chi connectivity index (χ4v) is 2.90. The van der Waals surface area contributed by atoms with E-state index < -0.39 is 0 Å². The molecule has 1 aromatic carbocycles. The Morgan fingerprint density at radius 1 is 1.35 bits per heavy atom. The molecule has 0 aliphatic heterocycles. The zero-order chi connectivity index (χ0) is 14.7. The van der Waals surface area contributed by atoms with Crippen LogP contribution in [0, 0.1) is 6.92 Å². The van der Waals surface area contributed by atoms with Gasteiger partial charge in [-0.2, -0.15) is 0 Å². The number of carbonyl (C=O) groups is 1. The van der Waals surface area contributed by atoms with Gasteiger partial charge in [0.1, 0.15) is 11.5 Å². The van der Waals surface area contributed by atoms with Crippen LogP contribution in [0.1, 0.15) is 15.2 Å². The van der Waals surface area contributed by atoms with Crippen molar-refractivity contribution >= 4 is 38.3 Å². The number of amides is 1. The van der Waals surface area contributed by atoms with Crippen LogP contribution in [-0.4, -0.2) is 25.1 Å². The molecule has 0 spiro atoms. The van der Waals surface area contributed by atoms with Crippen LogP contribution in [-0.2, 0) is 0 Å².